The lowest BCUT2D eigenvalue weighted by Crippen LogP contribution is -2.39. The van der Waals surface area contributed by atoms with Gasteiger partial charge in [0.25, 0.3) is 11.5 Å². The molecule has 1 amide bonds. The molecule has 4 rings (SSSR count). The average molecular weight is 404 g/mol. The highest BCUT2D eigenvalue weighted by Crippen LogP contribution is 2.27. The number of para-hydroxylation sites is 1. The van der Waals surface area contributed by atoms with Crippen LogP contribution in [0.5, 0.6) is 0 Å². The van der Waals surface area contributed by atoms with Gasteiger partial charge in [-0.2, -0.15) is 0 Å². The van der Waals surface area contributed by atoms with E-state index in [2.05, 4.69) is 30.7 Å². The lowest BCUT2D eigenvalue weighted by atomic mass is 9.86. The van der Waals surface area contributed by atoms with Crippen molar-refractivity contribution in [2.24, 2.45) is 0 Å². The summed E-state index contributed by atoms with van der Waals surface area (Å²) in [5.41, 5.74) is 2.42. The van der Waals surface area contributed by atoms with Crippen LogP contribution >= 0.6 is 0 Å². The molecular weight excluding hydrogens is 374 g/mol. The molecule has 1 heterocycles. The second kappa shape index (κ2) is 8.05. The number of rotatable bonds is 4. The average Bonchev–Trinajstić information content (AvgIpc) is 3.26. The summed E-state index contributed by atoms with van der Waals surface area (Å²) in [7, 11) is 0. The molecule has 1 aromatic heterocycles. The monoisotopic (exact) mass is 403 g/mol. The van der Waals surface area contributed by atoms with Crippen LogP contribution in [0.25, 0.3) is 10.9 Å². The first-order valence-corrected chi connectivity index (χ1v) is 10.7. The van der Waals surface area contributed by atoms with Gasteiger partial charge >= 0.3 is 0 Å². The highest BCUT2D eigenvalue weighted by Gasteiger charge is 2.28. The summed E-state index contributed by atoms with van der Waals surface area (Å²) >= 11 is 0. The van der Waals surface area contributed by atoms with Crippen LogP contribution in [0.3, 0.4) is 0 Å². The molecule has 5 heteroatoms. The molecule has 1 saturated carbocycles. The Hall–Kier alpha value is -2.95. The number of carbonyl (C=O) groups is 1. The minimum atomic E-state index is -0.163. The summed E-state index contributed by atoms with van der Waals surface area (Å²) in [6.45, 7) is 6.80. The van der Waals surface area contributed by atoms with Crippen molar-refractivity contribution < 1.29 is 4.79 Å². The van der Waals surface area contributed by atoms with Gasteiger partial charge in [0.1, 0.15) is 5.82 Å². The molecule has 3 aromatic rings. The number of aromatic amines is 1. The highest BCUT2D eigenvalue weighted by molar-refractivity contribution is 5.94. The summed E-state index contributed by atoms with van der Waals surface area (Å²) in [5.74, 6) is 0.531. The normalized spacial score (nSPS) is 14.9. The Bertz CT molecular complexity index is 1100. The van der Waals surface area contributed by atoms with Crippen LogP contribution < -0.4 is 5.56 Å². The van der Waals surface area contributed by atoms with Crippen molar-refractivity contribution in [2.45, 2.75) is 64.5 Å². The molecule has 1 fully saturated rings. The Morgan fingerprint density at radius 2 is 1.73 bits per heavy atom. The van der Waals surface area contributed by atoms with Gasteiger partial charge in [0.2, 0.25) is 0 Å². The van der Waals surface area contributed by atoms with E-state index in [1.54, 1.807) is 6.07 Å². The van der Waals surface area contributed by atoms with E-state index < -0.39 is 0 Å². The zero-order chi connectivity index (χ0) is 21.3. The van der Waals surface area contributed by atoms with Crippen LogP contribution in [0.2, 0.25) is 0 Å². The molecule has 0 saturated heterocycles. The van der Waals surface area contributed by atoms with Crippen LogP contribution in [0.4, 0.5) is 0 Å². The third-order valence-corrected chi connectivity index (χ3v) is 6.01. The van der Waals surface area contributed by atoms with Crippen molar-refractivity contribution in [1.82, 2.24) is 14.9 Å². The Morgan fingerprint density at radius 1 is 1.07 bits per heavy atom. The highest BCUT2D eigenvalue weighted by atomic mass is 16.2. The fourth-order valence-electron chi connectivity index (χ4n) is 4.23. The van der Waals surface area contributed by atoms with E-state index in [4.69, 9.17) is 0 Å². The quantitative estimate of drug-likeness (QED) is 0.680. The van der Waals surface area contributed by atoms with E-state index in [-0.39, 0.29) is 22.9 Å². The predicted molar refractivity (Wildman–Crippen MR) is 120 cm³/mol. The fraction of sp³-hybridized carbons (Fsp3) is 0.400. The summed E-state index contributed by atoms with van der Waals surface area (Å²) in [5, 5.41) is 0.567. The molecule has 156 valence electrons. The number of carbonyl (C=O) groups excluding carboxylic acids is 1. The maximum absolute atomic E-state index is 13.5. The summed E-state index contributed by atoms with van der Waals surface area (Å²) < 4.78 is 0. The summed E-state index contributed by atoms with van der Waals surface area (Å²) in [4.78, 5) is 35.3. The molecule has 2 aromatic carbocycles. The number of fused-ring (bicyclic) bond motifs is 1. The van der Waals surface area contributed by atoms with Gasteiger partial charge < -0.3 is 9.88 Å². The molecule has 0 radical (unpaired) electrons. The van der Waals surface area contributed by atoms with Crippen molar-refractivity contribution in [2.75, 3.05) is 0 Å². The number of nitrogens with zero attached hydrogens (tertiary/aromatic N) is 2. The van der Waals surface area contributed by atoms with Crippen LogP contribution in [-0.2, 0) is 12.0 Å². The Balaban J connectivity index is 1.65. The molecule has 1 aliphatic rings. The van der Waals surface area contributed by atoms with Crippen molar-refractivity contribution in [3.05, 3.63) is 75.8 Å². The van der Waals surface area contributed by atoms with Crippen molar-refractivity contribution >= 4 is 16.8 Å². The third-order valence-electron chi connectivity index (χ3n) is 6.01. The van der Waals surface area contributed by atoms with Crippen LogP contribution in [-0.4, -0.2) is 26.8 Å². The molecule has 0 unspecified atom stereocenters. The van der Waals surface area contributed by atoms with E-state index in [1.165, 1.54) is 5.56 Å². The van der Waals surface area contributed by atoms with Gasteiger partial charge in [0.15, 0.2) is 0 Å². The topological polar surface area (TPSA) is 66.1 Å². The van der Waals surface area contributed by atoms with E-state index in [0.29, 0.717) is 28.8 Å². The number of H-pyrrole nitrogens is 1. The van der Waals surface area contributed by atoms with Crippen molar-refractivity contribution in [3.63, 3.8) is 0 Å². The standard InChI is InChI=1S/C25H29N3O2/c1-25(2,3)18-14-12-17(13-15-18)24(30)28(19-8-4-5-9-19)16-22-26-21-11-7-6-10-20(21)23(29)27-22/h6-7,10-15,19H,4-5,8-9,16H2,1-3H3,(H,26,27,29). The Kier molecular flexibility index (Phi) is 5.46. The maximum Gasteiger partial charge on any atom is 0.258 e. The van der Waals surface area contributed by atoms with Gasteiger partial charge in [-0.3, -0.25) is 9.59 Å². The molecule has 0 atom stereocenters. The summed E-state index contributed by atoms with van der Waals surface area (Å²) in [6, 6.07) is 15.4. The smallest absolute Gasteiger partial charge is 0.258 e. The first kappa shape index (κ1) is 20.3. The molecule has 0 aliphatic heterocycles. The van der Waals surface area contributed by atoms with E-state index in [1.807, 2.05) is 47.4 Å². The molecule has 0 bridgehead atoms. The number of hydrogen-bond acceptors (Lipinski definition) is 3. The van der Waals surface area contributed by atoms with Crippen molar-refractivity contribution in [3.8, 4) is 0 Å². The first-order valence-electron chi connectivity index (χ1n) is 10.7. The molecule has 0 spiro atoms. The predicted octanol–water partition coefficient (Wildman–Crippen LogP) is 4.81. The van der Waals surface area contributed by atoms with Gasteiger partial charge in [-0.05, 0) is 48.1 Å². The maximum atomic E-state index is 13.5. The van der Waals surface area contributed by atoms with Gasteiger partial charge in [-0.1, -0.05) is 57.9 Å². The molecular formula is C25H29N3O2. The summed E-state index contributed by atoms with van der Waals surface area (Å²) in [6.07, 6.45) is 4.23. The second-order valence-electron chi connectivity index (χ2n) is 9.23. The van der Waals surface area contributed by atoms with Gasteiger partial charge in [0.05, 0.1) is 17.4 Å². The van der Waals surface area contributed by atoms with Gasteiger partial charge in [-0.15, -0.1) is 0 Å². The number of hydrogen-bond donors (Lipinski definition) is 1. The minimum absolute atomic E-state index is 0.00170. The zero-order valence-corrected chi connectivity index (χ0v) is 17.9. The largest absolute Gasteiger partial charge is 0.328 e. The second-order valence-corrected chi connectivity index (χ2v) is 9.23. The lowest BCUT2D eigenvalue weighted by molar-refractivity contribution is 0.0658. The molecule has 30 heavy (non-hydrogen) atoms. The van der Waals surface area contributed by atoms with Crippen LogP contribution in [0, 0.1) is 0 Å². The van der Waals surface area contributed by atoms with Crippen LogP contribution in [0.1, 0.15) is 68.2 Å². The Morgan fingerprint density at radius 3 is 2.40 bits per heavy atom. The zero-order valence-electron chi connectivity index (χ0n) is 17.9. The van der Waals surface area contributed by atoms with Gasteiger partial charge in [0, 0.05) is 11.6 Å². The number of nitrogens with one attached hydrogen (secondary N) is 1. The van der Waals surface area contributed by atoms with E-state index in [0.717, 1.165) is 25.7 Å². The first-order chi connectivity index (χ1) is 14.3. The van der Waals surface area contributed by atoms with E-state index in [9.17, 15) is 9.59 Å². The number of benzene rings is 2. The molecule has 5 nitrogen and oxygen atoms in total. The van der Waals surface area contributed by atoms with Crippen molar-refractivity contribution in [1.29, 1.82) is 0 Å². The number of aromatic nitrogens is 2. The minimum Gasteiger partial charge on any atom is -0.328 e. The van der Waals surface area contributed by atoms with Crippen LogP contribution in [0.15, 0.2) is 53.3 Å². The Labute approximate surface area is 177 Å². The van der Waals surface area contributed by atoms with E-state index >= 15 is 0 Å². The fourth-order valence-corrected chi connectivity index (χ4v) is 4.23. The molecule has 1 N–H and O–H groups in total. The van der Waals surface area contributed by atoms with Gasteiger partial charge in [-0.25, -0.2) is 4.98 Å². The molecule has 1 aliphatic carbocycles. The lowest BCUT2D eigenvalue weighted by Gasteiger charge is -2.29. The SMILES string of the molecule is CC(C)(C)c1ccc(C(=O)N(Cc2nc3ccccc3c(=O)[nH]2)C2CCCC2)cc1. The number of amides is 1. The third kappa shape index (κ3) is 4.16.